The molecule has 0 unspecified atom stereocenters. The molecule has 11 nitrogen and oxygen atoms in total. The first kappa shape index (κ1) is 29.3. The molecule has 0 radical (unpaired) electrons. The number of hydrogen-bond acceptors (Lipinski definition) is 8. The van der Waals surface area contributed by atoms with Gasteiger partial charge in [-0.3, -0.25) is 9.59 Å². The summed E-state index contributed by atoms with van der Waals surface area (Å²) in [5.74, 6) is -1.26. The van der Waals surface area contributed by atoms with E-state index >= 15 is 0 Å². The molecule has 0 aliphatic rings. The number of alkyl carbamates (subject to hydrolysis) is 1. The van der Waals surface area contributed by atoms with E-state index in [2.05, 4.69) is 10.6 Å². The first-order valence-corrected chi connectivity index (χ1v) is 11.3. The van der Waals surface area contributed by atoms with Crippen LogP contribution in [0.15, 0.2) is 30.3 Å². The molecule has 1 rings (SSSR count). The van der Waals surface area contributed by atoms with Gasteiger partial charge in [0.25, 0.3) is 0 Å². The van der Waals surface area contributed by atoms with Gasteiger partial charge in [-0.05, 0) is 12.0 Å². The van der Waals surface area contributed by atoms with E-state index in [1.165, 1.54) is 0 Å². The third-order valence-electron chi connectivity index (χ3n) is 4.20. The van der Waals surface area contributed by atoms with Crippen molar-refractivity contribution in [3.63, 3.8) is 0 Å². The molecule has 0 spiro atoms. The van der Waals surface area contributed by atoms with Crippen molar-refractivity contribution in [3.05, 3.63) is 35.9 Å². The average molecular weight is 485 g/mol. The molecule has 0 bridgehead atoms. The number of carbonyl (C=O) groups is 3. The second-order valence-corrected chi connectivity index (χ2v) is 7.04. The van der Waals surface area contributed by atoms with E-state index in [9.17, 15) is 14.4 Å². The number of benzene rings is 1. The van der Waals surface area contributed by atoms with Crippen LogP contribution in [0, 0.1) is 0 Å². The molecule has 192 valence electrons. The van der Waals surface area contributed by atoms with E-state index in [1.54, 1.807) is 0 Å². The predicted octanol–water partition coefficient (Wildman–Crippen LogP) is 1.35. The second-order valence-electron chi connectivity index (χ2n) is 7.04. The zero-order valence-electron chi connectivity index (χ0n) is 19.5. The van der Waals surface area contributed by atoms with Crippen molar-refractivity contribution in [2.75, 3.05) is 65.9 Å². The highest BCUT2D eigenvalue weighted by Gasteiger charge is 2.04. The minimum absolute atomic E-state index is 0.0125. The van der Waals surface area contributed by atoms with Crippen LogP contribution in [0.25, 0.3) is 0 Å². The van der Waals surface area contributed by atoms with Crippen molar-refractivity contribution in [1.29, 1.82) is 0 Å². The van der Waals surface area contributed by atoms with Crippen LogP contribution in [0.4, 0.5) is 4.79 Å². The normalized spacial score (nSPS) is 10.6. The van der Waals surface area contributed by atoms with E-state index < -0.39 is 12.1 Å². The average Bonchev–Trinajstić information content (AvgIpc) is 2.84. The SMILES string of the molecule is O=C(O)CCC(=O)NCCCOCCOCCOCCOCCNC(=O)OCc1ccccc1. The van der Waals surface area contributed by atoms with Crippen LogP contribution in [0.3, 0.4) is 0 Å². The molecule has 0 heterocycles. The van der Waals surface area contributed by atoms with Gasteiger partial charge in [-0.25, -0.2) is 4.79 Å². The lowest BCUT2D eigenvalue weighted by Crippen LogP contribution is -2.28. The summed E-state index contributed by atoms with van der Waals surface area (Å²) in [4.78, 5) is 33.2. The van der Waals surface area contributed by atoms with Crippen LogP contribution in [0.1, 0.15) is 24.8 Å². The van der Waals surface area contributed by atoms with E-state index in [0.717, 1.165) is 5.56 Å². The molecular weight excluding hydrogens is 448 g/mol. The number of carbonyl (C=O) groups excluding carboxylic acids is 2. The Morgan fingerprint density at radius 2 is 1.29 bits per heavy atom. The van der Waals surface area contributed by atoms with Crippen LogP contribution in [0.2, 0.25) is 0 Å². The van der Waals surface area contributed by atoms with Gasteiger partial charge in [-0.1, -0.05) is 30.3 Å². The zero-order chi connectivity index (χ0) is 24.7. The Kier molecular flexibility index (Phi) is 18.0. The Morgan fingerprint density at radius 1 is 0.706 bits per heavy atom. The summed E-state index contributed by atoms with van der Waals surface area (Å²) in [5.41, 5.74) is 0.928. The van der Waals surface area contributed by atoms with E-state index in [0.29, 0.717) is 72.4 Å². The van der Waals surface area contributed by atoms with Gasteiger partial charge in [0.05, 0.1) is 52.7 Å². The molecule has 1 aromatic rings. The van der Waals surface area contributed by atoms with Crippen LogP contribution in [-0.4, -0.2) is 89.0 Å². The standard InChI is InChI=1S/C23H36N2O9/c26-21(7-8-22(27)28)24-9-4-11-30-13-15-32-17-18-33-16-14-31-12-10-25-23(29)34-19-20-5-2-1-3-6-20/h1-3,5-6H,4,7-19H2,(H,24,26)(H,25,29)(H,27,28). The van der Waals surface area contributed by atoms with Gasteiger partial charge in [-0.2, -0.15) is 0 Å². The third kappa shape index (κ3) is 18.8. The number of aliphatic carboxylic acids is 1. The fraction of sp³-hybridized carbons (Fsp3) is 0.609. The maximum absolute atomic E-state index is 11.6. The fourth-order valence-corrected chi connectivity index (χ4v) is 2.47. The molecule has 0 aliphatic carbocycles. The second kappa shape index (κ2) is 20.8. The smallest absolute Gasteiger partial charge is 0.407 e. The fourth-order valence-electron chi connectivity index (χ4n) is 2.47. The van der Waals surface area contributed by atoms with E-state index in [-0.39, 0.29) is 25.4 Å². The molecule has 1 aromatic carbocycles. The highest BCUT2D eigenvalue weighted by atomic mass is 16.6. The highest BCUT2D eigenvalue weighted by Crippen LogP contribution is 2.00. The highest BCUT2D eigenvalue weighted by molar-refractivity contribution is 5.80. The summed E-state index contributed by atoms with van der Waals surface area (Å²) in [7, 11) is 0. The molecule has 3 N–H and O–H groups in total. The van der Waals surface area contributed by atoms with Crippen molar-refractivity contribution >= 4 is 18.0 Å². The Labute approximate surface area is 200 Å². The monoisotopic (exact) mass is 484 g/mol. The van der Waals surface area contributed by atoms with Crippen molar-refractivity contribution in [1.82, 2.24) is 10.6 Å². The number of rotatable bonds is 21. The Hall–Kier alpha value is -2.73. The molecule has 0 saturated heterocycles. The lowest BCUT2D eigenvalue weighted by Gasteiger charge is -2.09. The predicted molar refractivity (Wildman–Crippen MR) is 122 cm³/mol. The lowest BCUT2D eigenvalue weighted by atomic mass is 10.2. The summed E-state index contributed by atoms with van der Waals surface area (Å²) < 4.78 is 26.6. The van der Waals surface area contributed by atoms with Gasteiger partial charge >= 0.3 is 12.1 Å². The molecule has 0 atom stereocenters. The minimum Gasteiger partial charge on any atom is -0.481 e. The first-order chi connectivity index (χ1) is 16.6. The number of hydrogen-bond donors (Lipinski definition) is 3. The molecular formula is C23H36N2O9. The van der Waals surface area contributed by atoms with Crippen LogP contribution >= 0.6 is 0 Å². The lowest BCUT2D eigenvalue weighted by molar-refractivity contribution is -0.138. The first-order valence-electron chi connectivity index (χ1n) is 11.3. The molecule has 0 fully saturated rings. The summed E-state index contributed by atoms with van der Waals surface area (Å²) in [5, 5.41) is 13.7. The largest absolute Gasteiger partial charge is 0.481 e. The Morgan fingerprint density at radius 3 is 1.91 bits per heavy atom. The number of ether oxygens (including phenoxy) is 5. The van der Waals surface area contributed by atoms with Gasteiger partial charge in [-0.15, -0.1) is 0 Å². The quantitative estimate of drug-likeness (QED) is 0.220. The van der Waals surface area contributed by atoms with Crippen molar-refractivity contribution in [2.45, 2.75) is 25.9 Å². The van der Waals surface area contributed by atoms with Gasteiger partial charge < -0.3 is 39.4 Å². The van der Waals surface area contributed by atoms with Crippen molar-refractivity contribution in [3.8, 4) is 0 Å². The van der Waals surface area contributed by atoms with Gasteiger partial charge in [0.2, 0.25) is 5.91 Å². The Balaban J connectivity index is 1.74. The molecule has 11 heteroatoms. The maximum Gasteiger partial charge on any atom is 0.407 e. The van der Waals surface area contributed by atoms with Gasteiger partial charge in [0.1, 0.15) is 6.61 Å². The molecule has 0 aromatic heterocycles. The van der Waals surface area contributed by atoms with E-state index in [1.807, 2.05) is 30.3 Å². The number of carboxylic acids is 1. The third-order valence-corrected chi connectivity index (χ3v) is 4.20. The summed E-state index contributed by atoms with van der Waals surface area (Å²) in [6.07, 6.45) is -0.0140. The zero-order valence-corrected chi connectivity index (χ0v) is 19.5. The molecule has 2 amide bonds. The molecule has 0 aliphatic heterocycles. The number of carboxylic acid groups (broad SMARTS) is 1. The van der Waals surface area contributed by atoms with Gasteiger partial charge in [0.15, 0.2) is 0 Å². The molecule has 34 heavy (non-hydrogen) atoms. The summed E-state index contributed by atoms with van der Waals surface area (Å²) >= 11 is 0. The Bertz CT molecular complexity index is 674. The van der Waals surface area contributed by atoms with Gasteiger partial charge in [0, 0.05) is 26.1 Å². The van der Waals surface area contributed by atoms with Crippen LogP contribution in [0.5, 0.6) is 0 Å². The maximum atomic E-state index is 11.6. The van der Waals surface area contributed by atoms with E-state index in [4.69, 9.17) is 28.8 Å². The summed E-state index contributed by atoms with van der Waals surface area (Å²) in [6, 6.07) is 9.45. The molecule has 0 saturated carbocycles. The van der Waals surface area contributed by atoms with Crippen LogP contribution in [-0.2, 0) is 39.9 Å². The number of amides is 2. The van der Waals surface area contributed by atoms with Crippen molar-refractivity contribution < 1.29 is 43.2 Å². The number of nitrogens with one attached hydrogen (secondary N) is 2. The summed E-state index contributed by atoms with van der Waals surface area (Å²) in [6.45, 7) is 4.48. The minimum atomic E-state index is -0.986. The van der Waals surface area contributed by atoms with Crippen LogP contribution < -0.4 is 10.6 Å². The van der Waals surface area contributed by atoms with Crippen molar-refractivity contribution in [2.24, 2.45) is 0 Å². The topological polar surface area (TPSA) is 142 Å².